The third kappa shape index (κ3) is 1.69. The molecule has 0 bridgehead atoms. The van der Waals surface area contributed by atoms with Crippen molar-refractivity contribution >= 4 is 5.78 Å². The number of nitrogens with zero attached hydrogens (tertiary/aromatic N) is 1. The molecule has 1 aliphatic carbocycles. The minimum Gasteiger partial charge on any atom is -0.298 e. The summed E-state index contributed by atoms with van der Waals surface area (Å²) in [5, 5.41) is 0. The van der Waals surface area contributed by atoms with Gasteiger partial charge in [0.25, 0.3) is 0 Å². The average molecular weight is 167 g/mol. The monoisotopic (exact) mass is 167 g/mol. The van der Waals surface area contributed by atoms with Gasteiger partial charge in [-0.2, -0.15) is 0 Å². The Bertz CT molecular complexity index is 186. The second kappa shape index (κ2) is 3.17. The number of carbonyl (C=O) groups excluding carboxylic acids is 1. The Kier molecular flexibility index (Phi) is 2.18. The van der Waals surface area contributed by atoms with Crippen molar-refractivity contribution in [2.45, 2.75) is 38.6 Å². The molecule has 0 aromatic carbocycles. The molecule has 1 heterocycles. The molecular weight excluding hydrogens is 150 g/mol. The zero-order valence-electron chi connectivity index (χ0n) is 7.75. The van der Waals surface area contributed by atoms with Crippen LogP contribution in [0.2, 0.25) is 0 Å². The number of ketones is 1. The van der Waals surface area contributed by atoms with Crippen LogP contribution in [0, 0.1) is 5.92 Å². The van der Waals surface area contributed by atoms with Crippen LogP contribution < -0.4 is 0 Å². The zero-order chi connectivity index (χ0) is 8.55. The first-order valence-electron chi connectivity index (χ1n) is 5.04. The molecule has 12 heavy (non-hydrogen) atoms. The molecule has 0 aromatic heterocycles. The lowest BCUT2D eigenvalue weighted by Crippen LogP contribution is -2.33. The molecule has 1 atom stereocenters. The van der Waals surface area contributed by atoms with E-state index in [2.05, 4.69) is 11.8 Å². The van der Waals surface area contributed by atoms with E-state index in [0.29, 0.717) is 17.7 Å². The Hall–Kier alpha value is -0.370. The molecule has 0 aromatic rings. The molecule has 0 radical (unpaired) electrons. The van der Waals surface area contributed by atoms with Gasteiger partial charge < -0.3 is 0 Å². The number of hydrogen-bond acceptors (Lipinski definition) is 2. The van der Waals surface area contributed by atoms with Gasteiger partial charge in [-0.1, -0.05) is 0 Å². The van der Waals surface area contributed by atoms with Gasteiger partial charge in [-0.15, -0.1) is 0 Å². The number of likely N-dealkylation sites (tertiary alicyclic amines) is 1. The summed E-state index contributed by atoms with van der Waals surface area (Å²) in [6.07, 6.45) is 4.86. The molecule has 1 aliphatic heterocycles. The summed E-state index contributed by atoms with van der Waals surface area (Å²) in [7, 11) is 0. The van der Waals surface area contributed by atoms with Crippen molar-refractivity contribution in [2.75, 3.05) is 13.1 Å². The van der Waals surface area contributed by atoms with Crippen LogP contribution in [0.4, 0.5) is 0 Å². The van der Waals surface area contributed by atoms with Gasteiger partial charge in [-0.3, -0.25) is 9.69 Å². The van der Waals surface area contributed by atoms with E-state index in [-0.39, 0.29) is 0 Å². The first kappa shape index (κ1) is 8.24. The molecule has 0 N–H and O–H groups in total. The van der Waals surface area contributed by atoms with Gasteiger partial charge in [0.1, 0.15) is 5.78 Å². The molecule has 1 saturated heterocycles. The maximum absolute atomic E-state index is 11.5. The molecule has 1 saturated carbocycles. The van der Waals surface area contributed by atoms with E-state index in [4.69, 9.17) is 0 Å². The Labute approximate surface area is 73.9 Å². The lowest BCUT2D eigenvalue weighted by atomic mass is 10.2. The Morgan fingerprint density at radius 2 is 2.17 bits per heavy atom. The molecule has 0 amide bonds. The van der Waals surface area contributed by atoms with E-state index >= 15 is 0 Å². The lowest BCUT2D eigenvalue weighted by molar-refractivity contribution is -0.121. The topological polar surface area (TPSA) is 20.3 Å². The van der Waals surface area contributed by atoms with Gasteiger partial charge in [0.2, 0.25) is 0 Å². The summed E-state index contributed by atoms with van der Waals surface area (Å²) in [5.74, 6) is 0.932. The number of hydrogen-bond donors (Lipinski definition) is 0. The van der Waals surface area contributed by atoms with E-state index in [1.54, 1.807) is 0 Å². The normalized spacial score (nSPS) is 30.9. The highest BCUT2D eigenvalue weighted by molar-refractivity contribution is 5.85. The van der Waals surface area contributed by atoms with Crippen LogP contribution in [0.25, 0.3) is 0 Å². The molecule has 2 nitrogen and oxygen atoms in total. The zero-order valence-corrected chi connectivity index (χ0v) is 7.75. The lowest BCUT2D eigenvalue weighted by Gasteiger charge is -2.19. The van der Waals surface area contributed by atoms with Crippen molar-refractivity contribution in [3.63, 3.8) is 0 Å². The highest BCUT2D eigenvalue weighted by Gasteiger charge is 2.32. The van der Waals surface area contributed by atoms with E-state index in [1.807, 2.05) is 0 Å². The first-order chi connectivity index (χ1) is 5.77. The maximum Gasteiger partial charge on any atom is 0.149 e. The summed E-state index contributed by atoms with van der Waals surface area (Å²) in [6.45, 7) is 4.10. The van der Waals surface area contributed by atoms with Crippen LogP contribution in [0.3, 0.4) is 0 Å². The van der Waals surface area contributed by atoms with Crippen molar-refractivity contribution < 1.29 is 4.79 Å². The maximum atomic E-state index is 11.5. The fraction of sp³-hybridized carbons (Fsp3) is 0.900. The van der Waals surface area contributed by atoms with E-state index < -0.39 is 0 Å². The van der Waals surface area contributed by atoms with Crippen molar-refractivity contribution in [1.29, 1.82) is 0 Å². The Morgan fingerprint density at radius 1 is 1.42 bits per heavy atom. The fourth-order valence-corrected chi connectivity index (χ4v) is 1.96. The summed E-state index contributed by atoms with van der Waals surface area (Å²) >= 11 is 0. The minimum absolute atomic E-state index is 0.442. The second-order valence-electron chi connectivity index (χ2n) is 4.20. The fourth-order valence-electron chi connectivity index (χ4n) is 1.96. The summed E-state index contributed by atoms with van der Waals surface area (Å²) < 4.78 is 0. The van der Waals surface area contributed by atoms with Crippen LogP contribution in [0.5, 0.6) is 0 Å². The third-order valence-corrected chi connectivity index (χ3v) is 3.08. The average Bonchev–Trinajstić information content (AvgIpc) is 2.80. The Morgan fingerprint density at radius 3 is 2.67 bits per heavy atom. The quantitative estimate of drug-likeness (QED) is 0.634. The highest BCUT2D eigenvalue weighted by Crippen LogP contribution is 2.30. The standard InChI is InChI=1S/C10H17NO/c1-8-3-2-6-11(8)7-10(12)9-4-5-9/h8-9H,2-7H2,1H3. The van der Waals surface area contributed by atoms with Crippen LogP contribution >= 0.6 is 0 Å². The molecular formula is C10H17NO. The van der Waals surface area contributed by atoms with Gasteiger partial charge in [-0.25, -0.2) is 0 Å². The number of carbonyl (C=O) groups is 1. The summed E-state index contributed by atoms with van der Waals surface area (Å²) in [5.41, 5.74) is 0. The largest absolute Gasteiger partial charge is 0.298 e. The van der Waals surface area contributed by atoms with E-state index in [9.17, 15) is 4.79 Å². The molecule has 2 heteroatoms. The van der Waals surface area contributed by atoms with Crippen LogP contribution in [0.1, 0.15) is 32.6 Å². The van der Waals surface area contributed by atoms with Crippen LogP contribution in [0.15, 0.2) is 0 Å². The highest BCUT2D eigenvalue weighted by atomic mass is 16.1. The predicted octanol–water partition coefficient (Wildman–Crippen LogP) is 1.45. The van der Waals surface area contributed by atoms with Crippen molar-refractivity contribution in [3.8, 4) is 0 Å². The van der Waals surface area contributed by atoms with Gasteiger partial charge >= 0.3 is 0 Å². The van der Waals surface area contributed by atoms with Gasteiger partial charge in [0.15, 0.2) is 0 Å². The number of rotatable bonds is 3. The molecule has 2 aliphatic rings. The molecule has 68 valence electrons. The van der Waals surface area contributed by atoms with Crippen molar-refractivity contribution in [2.24, 2.45) is 5.92 Å². The minimum atomic E-state index is 0.442. The van der Waals surface area contributed by atoms with Crippen LogP contribution in [-0.2, 0) is 4.79 Å². The van der Waals surface area contributed by atoms with Crippen molar-refractivity contribution in [1.82, 2.24) is 4.90 Å². The van der Waals surface area contributed by atoms with Crippen LogP contribution in [-0.4, -0.2) is 29.8 Å². The van der Waals surface area contributed by atoms with E-state index in [0.717, 1.165) is 25.9 Å². The second-order valence-corrected chi connectivity index (χ2v) is 4.20. The van der Waals surface area contributed by atoms with Gasteiger partial charge in [0, 0.05) is 12.0 Å². The van der Waals surface area contributed by atoms with Crippen molar-refractivity contribution in [3.05, 3.63) is 0 Å². The predicted molar refractivity (Wildman–Crippen MR) is 48.0 cm³/mol. The van der Waals surface area contributed by atoms with E-state index in [1.165, 1.54) is 12.8 Å². The molecule has 1 unspecified atom stereocenters. The smallest absolute Gasteiger partial charge is 0.149 e. The first-order valence-corrected chi connectivity index (χ1v) is 5.04. The summed E-state index contributed by atoms with van der Waals surface area (Å²) in [4.78, 5) is 13.8. The SMILES string of the molecule is CC1CCCN1CC(=O)C1CC1. The third-order valence-electron chi connectivity index (χ3n) is 3.08. The molecule has 2 rings (SSSR count). The Balaban J connectivity index is 1.80. The molecule has 2 fully saturated rings. The number of Topliss-reactive ketones (excluding diaryl/α,β-unsaturated/α-hetero) is 1. The summed E-state index contributed by atoms with van der Waals surface area (Å²) in [6, 6.07) is 0.646. The molecule has 0 spiro atoms. The van der Waals surface area contributed by atoms with Gasteiger partial charge in [0.05, 0.1) is 6.54 Å². The van der Waals surface area contributed by atoms with Gasteiger partial charge in [-0.05, 0) is 39.2 Å².